The van der Waals surface area contributed by atoms with E-state index in [2.05, 4.69) is 63.1 Å². The zero-order valence-corrected chi connectivity index (χ0v) is 58.9. The summed E-state index contributed by atoms with van der Waals surface area (Å²) in [5.41, 5.74) is 0.754. The number of carbonyl (C=O) groups is 8. The summed E-state index contributed by atoms with van der Waals surface area (Å²) in [4.78, 5) is 109. The Morgan fingerprint density at radius 2 is 0.700 bits per heavy atom. The lowest BCUT2D eigenvalue weighted by Crippen LogP contribution is -2.50. The molecule has 4 atom stereocenters. The van der Waals surface area contributed by atoms with Gasteiger partial charge in [0.05, 0.1) is 131 Å². The van der Waals surface area contributed by atoms with E-state index in [1.54, 1.807) is 12.4 Å². The molecule has 8 amide bonds. The van der Waals surface area contributed by atoms with Gasteiger partial charge in [-0.25, -0.2) is 19.6 Å². The summed E-state index contributed by atoms with van der Waals surface area (Å²) in [6.07, 6.45) is 6.30. The lowest BCUT2D eigenvalue weighted by molar-refractivity contribution is -0.139. The number of amides is 8. The van der Waals surface area contributed by atoms with Crippen LogP contribution in [0.3, 0.4) is 0 Å². The lowest BCUT2D eigenvalue weighted by atomic mass is 10.0. The maximum absolute atomic E-state index is 13.6. The van der Waals surface area contributed by atoms with Gasteiger partial charge in [-0.05, 0) is 110 Å². The van der Waals surface area contributed by atoms with Crippen LogP contribution in [0.4, 0.5) is 21.2 Å². The van der Waals surface area contributed by atoms with E-state index in [1.807, 2.05) is 36.4 Å². The first kappa shape index (κ1) is 85.0. The van der Waals surface area contributed by atoms with Gasteiger partial charge in [0.2, 0.25) is 23.6 Å². The number of rotatable bonds is 57. The highest BCUT2D eigenvalue weighted by molar-refractivity contribution is 6.35. The number of benzene rings is 2. The minimum atomic E-state index is -1.18. The number of unbranched alkanes of at least 4 members (excludes halogenated alkanes) is 3. The van der Waals surface area contributed by atoms with Crippen molar-refractivity contribution in [3.63, 3.8) is 0 Å². The molecule has 2 aromatic heterocycles. The molecule has 4 unspecified atom stereocenters. The average Bonchev–Trinajstić information content (AvgIpc) is 0.862. The Kier molecular flexibility index (Phi) is 45.4. The highest BCUT2D eigenvalue weighted by Crippen LogP contribution is 2.27. The van der Waals surface area contributed by atoms with E-state index >= 15 is 0 Å². The number of urea groups is 2. The molecule has 0 radical (unpaired) electrons. The molecule has 0 saturated heterocycles. The highest BCUT2D eigenvalue weighted by atomic mass is 35.5. The van der Waals surface area contributed by atoms with Crippen LogP contribution in [0.25, 0.3) is 0 Å². The number of nitrogens with zero attached hydrogens (tertiary/aromatic N) is 2. The van der Waals surface area contributed by atoms with Crippen molar-refractivity contribution in [3.8, 4) is 0 Å². The number of ether oxygens (including phenoxy) is 8. The third-order valence-corrected chi connectivity index (χ3v) is 14.8. The monoisotopic (exact) mass is 1480 g/mol. The summed E-state index contributed by atoms with van der Waals surface area (Å²) in [7, 11) is 0. The third kappa shape index (κ3) is 42.0. The summed E-state index contributed by atoms with van der Waals surface area (Å²) in [5.74, 6) is -3.01. The molecular formula is C66H94Cl4N12O18. The Labute approximate surface area is 602 Å². The van der Waals surface area contributed by atoms with Crippen LogP contribution in [-0.4, -0.2) is 225 Å². The third-order valence-electron chi connectivity index (χ3n) is 13.9. The zero-order chi connectivity index (χ0) is 72.2. The molecule has 2 heterocycles. The number of aromatic nitrogens is 2. The molecule has 554 valence electrons. The molecule has 0 aliphatic carbocycles. The van der Waals surface area contributed by atoms with Gasteiger partial charge in [0, 0.05) is 84.6 Å². The SMILES string of the molecule is O=C(O)CC(NC(=O)C(COCCOCCOCCOCCNC(=O)NCCCCNC(=O)NCCOCCOCCOCCOCC(NC(=O)CCCCNc1ccccn1)C(=O)NC(CC(=O)O)c1cc(Cl)cc(Cl)c1)NC(=O)CCCCNc1ccccn1)c1cc(Cl)cc(Cl)c1. The Morgan fingerprint density at radius 3 is 1.03 bits per heavy atom. The summed E-state index contributed by atoms with van der Waals surface area (Å²) >= 11 is 24.7. The number of carbonyl (C=O) groups excluding carboxylic acids is 6. The smallest absolute Gasteiger partial charge is 0.314 e. The summed E-state index contributed by atoms with van der Waals surface area (Å²) in [6, 6.07) is 15.0. The van der Waals surface area contributed by atoms with Gasteiger partial charge in [0.15, 0.2) is 0 Å². The van der Waals surface area contributed by atoms with Crippen molar-refractivity contribution in [2.24, 2.45) is 0 Å². The number of pyridine rings is 2. The van der Waals surface area contributed by atoms with Gasteiger partial charge < -0.3 is 101 Å². The fourth-order valence-corrected chi connectivity index (χ4v) is 10.1. The fourth-order valence-electron chi connectivity index (χ4n) is 9.01. The second-order valence-electron chi connectivity index (χ2n) is 22.1. The maximum atomic E-state index is 13.6. The normalized spacial score (nSPS) is 12.2. The average molecular weight is 1490 g/mol. The van der Waals surface area contributed by atoms with Crippen molar-refractivity contribution in [1.29, 1.82) is 0 Å². The predicted octanol–water partition coefficient (Wildman–Crippen LogP) is 6.10. The van der Waals surface area contributed by atoms with Gasteiger partial charge in [0.25, 0.3) is 0 Å². The van der Waals surface area contributed by atoms with Crippen molar-refractivity contribution < 1.29 is 86.5 Å². The minimum Gasteiger partial charge on any atom is -0.481 e. The van der Waals surface area contributed by atoms with Gasteiger partial charge >= 0.3 is 24.0 Å². The van der Waals surface area contributed by atoms with Gasteiger partial charge in [-0.1, -0.05) is 58.5 Å². The molecule has 0 aliphatic heterocycles. The fraction of sp³-hybridized carbons (Fsp3) is 0.545. The van der Waals surface area contributed by atoms with E-state index in [4.69, 9.17) is 84.3 Å². The van der Waals surface area contributed by atoms with Crippen molar-refractivity contribution in [3.05, 3.63) is 116 Å². The summed E-state index contributed by atoms with van der Waals surface area (Å²) < 4.78 is 44.7. The van der Waals surface area contributed by atoms with Crippen LogP contribution in [0.15, 0.2) is 85.2 Å². The minimum absolute atomic E-state index is 0.0798. The number of nitrogens with one attached hydrogen (secondary N) is 10. The molecule has 0 fully saturated rings. The molecule has 0 bridgehead atoms. The van der Waals surface area contributed by atoms with Crippen molar-refractivity contribution in [1.82, 2.24) is 52.5 Å². The van der Waals surface area contributed by atoms with Crippen LogP contribution in [0.2, 0.25) is 20.1 Å². The van der Waals surface area contributed by atoms with Crippen LogP contribution in [0.1, 0.15) is 87.4 Å². The molecule has 2 aromatic carbocycles. The van der Waals surface area contributed by atoms with Crippen molar-refractivity contribution in [2.45, 2.75) is 88.4 Å². The first-order valence-corrected chi connectivity index (χ1v) is 34.4. The van der Waals surface area contributed by atoms with Crippen molar-refractivity contribution >= 4 is 106 Å². The van der Waals surface area contributed by atoms with E-state index < -0.39 is 60.8 Å². The highest BCUT2D eigenvalue weighted by Gasteiger charge is 2.28. The molecule has 34 heteroatoms. The van der Waals surface area contributed by atoms with Crippen LogP contribution in [0, 0.1) is 0 Å². The number of hydrogen-bond donors (Lipinski definition) is 12. The number of halogens is 4. The molecular weight excluding hydrogens is 1390 g/mol. The van der Waals surface area contributed by atoms with Gasteiger partial charge in [-0.3, -0.25) is 28.8 Å². The van der Waals surface area contributed by atoms with E-state index in [1.165, 1.54) is 36.4 Å². The van der Waals surface area contributed by atoms with E-state index in [0.29, 0.717) is 75.8 Å². The van der Waals surface area contributed by atoms with Crippen LogP contribution < -0.4 is 53.2 Å². The molecule has 0 spiro atoms. The van der Waals surface area contributed by atoms with E-state index in [9.17, 15) is 48.6 Å². The van der Waals surface area contributed by atoms with Crippen LogP contribution in [0.5, 0.6) is 0 Å². The number of hydrogen-bond acceptors (Lipinski definition) is 20. The molecule has 0 saturated carbocycles. The standard InChI is InChI=1S/C66H94Cl4N12O18/c67-49-37-47(38-50(68)41-49)53(43-61(85)86)81-63(89)55(79-59(83)13-3-7-17-73-57-11-1-5-15-71-57)45-99-35-33-97-31-29-95-27-25-93-23-21-77-65(91)75-19-9-10-20-76-66(92)78-22-24-94-26-28-96-30-32-98-34-36-100-46-56(80-60(84)14-4-8-18-74-58-12-2-6-16-72-58)64(90)82-54(44-62(87)88)48-39-51(69)42-52(70)40-48/h1-2,5-6,11-12,15-16,37-42,53-56H,3-4,7-10,13-14,17-36,43-46H2,(H,71,73)(H,72,74)(H,79,83)(H,80,84)(H,81,89)(H,82,90)(H,85,86)(H,87,88)(H2,75,77,91)(H2,76,78,92). The zero-order valence-electron chi connectivity index (χ0n) is 55.9. The largest absolute Gasteiger partial charge is 0.481 e. The molecule has 12 N–H and O–H groups in total. The number of carboxylic acid groups (broad SMARTS) is 2. The second-order valence-corrected chi connectivity index (χ2v) is 23.8. The lowest BCUT2D eigenvalue weighted by Gasteiger charge is -2.23. The quantitative estimate of drug-likeness (QED) is 0.0222. The van der Waals surface area contributed by atoms with Crippen LogP contribution >= 0.6 is 46.4 Å². The summed E-state index contributed by atoms with van der Waals surface area (Å²) in [5, 5.41) is 48.4. The Hall–Kier alpha value is -7.46. The topological polar surface area (TPSA) is 397 Å². The summed E-state index contributed by atoms with van der Waals surface area (Å²) in [6.45, 7) is 5.24. The van der Waals surface area contributed by atoms with E-state index in [-0.39, 0.29) is 176 Å². The molecule has 100 heavy (non-hydrogen) atoms. The Morgan fingerprint density at radius 1 is 0.380 bits per heavy atom. The molecule has 30 nitrogen and oxygen atoms in total. The maximum Gasteiger partial charge on any atom is 0.314 e. The molecule has 0 aliphatic rings. The predicted molar refractivity (Wildman–Crippen MR) is 375 cm³/mol. The molecule has 4 rings (SSSR count). The van der Waals surface area contributed by atoms with E-state index in [0.717, 1.165) is 11.6 Å². The Balaban J connectivity index is 0.942. The van der Waals surface area contributed by atoms with Gasteiger partial charge in [-0.2, -0.15) is 0 Å². The second kappa shape index (κ2) is 53.4. The first-order valence-electron chi connectivity index (χ1n) is 32.9. The molecule has 4 aromatic rings. The first-order chi connectivity index (χ1) is 48.4. The number of carboxylic acids is 2. The van der Waals surface area contributed by atoms with Crippen molar-refractivity contribution in [2.75, 3.05) is 156 Å². The van der Waals surface area contributed by atoms with Crippen LogP contribution in [-0.2, 0) is 66.7 Å². The van der Waals surface area contributed by atoms with Gasteiger partial charge in [0.1, 0.15) is 23.7 Å². The van der Waals surface area contributed by atoms with Gasteiger partial charge in [-0.15, -0.1) is 0 Å². The Bertz CT molecular complexity index is 2780. The number of aliphatic carboxylic acids is 2. The number of anilines is 2.